The van der Waals surface area contributed by atoms with Crippen molar-refractivity contribution in [3.63, 3.8) is 0 Å². The SMILES string of the molecule is CC(C)C[C@@H]([CH]O)NC(=O)OC(C)(C)C. The molecule has 1 radical (unpaired) electrons. The zero-order valence-electron chi connectivity index (χ0n) is 10.2. The maximum absolute atomic E-state index is 11.3. The van der Waals surface area contributed by atoms with Gasteiger partial charge in [-0.25, -0.2) is 4.79 Å². The van der Waals surface area contributed by atoms with Crippen molar-refractivity contribution in [3.05, 3.63) is 6.61 Å². The maximum atomic E-state index is 11.3. The Morgan fingerprint density at radius 2 is 2.00 bits per heavy atom. The van der Waals surface area contributed by atoms with Gasteiger partial charge in [-0.3, -0.25) is 0 Å². The summed E-state index contributed by atoms with van der Waals surface area (Å²) in [7, 11) is 0. The number of aliphatic hydroxyl groups excluding tert-OH is 1. The normalized spacial score (nSPS) is 13.8. The Kier molecular flexibility index (Phi) is 5.65. The molecule has 0 unspecified atom stereocenters. The molecule has 0 heterocycles. The van der Waals surface area contributed by atoms with Crippen molar-refractivity contribution in [2.75, 3.05) is 0 Å². The van der Waals surface area contributed by atoms with Crippen LogP contribution in [0, 0.1) is 12.5 Å². The molecule has 4 heteroatoms. The molecule has 0 saturated carbocycles. The van der Waals surface area contributed by atoms with Crippen molar-refractivity contribution < 1.29 is 14.6 Å². The van der Waals surface area contributed by atoms with Crippen LogP contribution < -0.4 is 5.32 Å². The lowest BCUT2D eigenvalue weighted by Gasteiger charge is -2.23. The van der Waals surface area contributed by atoms with E-state index in [0.717, 1.165) is 6.61 Å². The van der Waals surface area contributed by atoms with Gasteiger partial charge in [-0.05, 0) is 33.1 Å². The second kappa shape index (κ2) is 5.95. The number of rotatable bonds is 4. The van der Waals surface area contributed by atoms with E-state index in [4.69, 9.17) is 9.84 Å². The van der Waals surface area contributed by atoms with Gasteiger partial charge < -0.3 is 15.2 Å². The van der Waals surface area contributed by atoms with Gasteiger partial charge in [0.05, 0.1) is 6.04 Å². The standard InChI is InChI=1S/C11H22NO3/c1-8(2)6-9(7-13)12-10(14)15-11(3,4)5/h7-9,13H,6H2,1-5H3,(H,12,14)/t9-/m0/s1. The second-order valence-electron chi connectivity index (χ2n) is 5.03. The minimum absolute atomic E-state index is 0.347. The smallest absolute Gasteiger partial charge is 0.407 e. The zero-order valence-corrected chi connectivity index (χ0v) is 10.2. The summed E-state index contributed by atoms with van der Waals surface area (Å²) in [5, 5.41) is 11.5. The van der Waals surface area contributed by atoms with Crippen molar-refractivity contribution in [1.82, 2.24) is 5.32 Å². The van der Waals surface area contributed by atoms with Crippen LogP contribution in [0.1, 0.15) is 41.0 Å². The summed E-state index contributed by atoms with van der Waals surface area (Å²) in [5.41, 5.74) is -0.512. The van der Waals surface area contributed by atoms with Crippen LogP contribution in [0.3, 0.4) is 0 Å². The Bertz CT molecular complexity index is 196. The summed E-state index contributed by atoms with van der Waals surface area (Å²) in [5.74, 6) is 0.397. The molecule has 0 aromatic heterocycles. The first-order valence-corrected chi connectivity index (χ1v) is 5.21. The quantitative estimate of drug-likeness (QED) is 0.759. The van der Waals surface area contributed by atoms with E-state index in [-0.39, 0.29) is 6.04 Å². The van der Waals surface area contributed by atoms with Crippen molar-refractivity contribution in [3.8, 4) is 0 Å². The van der Waals surface area contributed by atoms with E-state index < -0.39 is 11.7 Å². The van der Waals surface area contributed by atoms with Gasteiger partial charge in [0.2, 0.25) is 0 Å². The molecule has 0 rings (SSSR count). The molecule has 4 nitrogen and oxygen atoms in total. The molecule has 1 amide bonds. The average Bonchev–Trinajstić information content (AvgIpc) is 1.98. The summed E-state index contributed by atoms with van der Waals surface area (Å²) in [4.78, 5) is 11.3. The number of nitrogens with one attached hydrogen (secondary N) is 1. The van der Waals surface area contributed by atoms with E-state index in [1.54, 1.807) is 20.8 Å². The third-order valence-corrected chi connectivity index (χ3v) is 1.61. The molecule has 15 heavy (non-hydrogen) atoms. The van der Waals surface area contributed by atoms with Crippen molar-refractivity contribution in [2.24, 2.45) is 5.92 Å². The van der Waals surface area contributed by atoms with Gasteiger partial charge in [-0.15, -0.1) is 0 Å². The molecular weight excluding hydrogens is 194 g/mol. The van der Waals surface area contributed by atoms with Gasteiger partial charge in [-0.2, -0.15) is 0 Å². The summed E-state index contributed by atoms with van der Waals surface area (Å²) < 4.78 is 5.07. The lowest BCUT2D eigenvalue weighted by atomic mass is 10.0. The van der Waals surface area contributed by atoms with Crippen LogP contribution in [0.2, 0.25) is 0 Å². The lowest BCUT2D eigenvalue weighted by Crippen LogP contribution is -2.40. The number of hydrogen-bond donors (Lipinski definition) is 2. The third-order valence-electron chi connectivity index (χ3n) is 1.61. The molecule has 0 bridgehead atoms. The number of carbonyl (C=O) groups is 1. The monoisotopic (exact) mass is 216 g/mol. The van der Waals surface area contributed by atoms with Crippen LogP contribution in [-0.2, 0) is 4.74 Å². The van der Waals surface area contributed by atoms with Gasteiger partial charge in [0.15, 0.2) is 0 Å². The van der Waals surface area contributed by atoms with Crippen LogP contribution in [0.15, 0.2) is 0 Å². The molecule has 0 fully saturated rings. The summed E-state index contributed by atoms with van der Waals surface area (Å²) in [6.45, 7) is 10.4. The highest BCUT2D eigenvalue weighted by Gasteiger charge is 2.19. The Labute approximate surface area is 92.0 Å². The molecule has 0 aromatic carbocycles. The first kappa shape index (κ1) is 14.2. The van der Waals surface area contributed by atoms with Gasteiger partial charge >= 0.3 is 6.09 Å². The minimum atomic E-state index is -0.512. The average molecular weight is 216 g/mol. The Balaban J connectivity index is 4.02. The van der Waals surface area contributed by atoms with E-state index in [9.17, 15) is 4.79 Å². The molecule has 0 aliphatic rings. The van der Waals surface area contributed by atoms with E-state index in [1.807, 2.05) is 13.8 Å². The summed E-state index contributed by atoms with van der Waals surface area (Å²) in [6, 6.07) is -0.347. The van der Waals surface area contributed by atoms with Gasteiger partial charge in [0, 0.05) is 0 Å². The predicted octanol–water partition coefficient (Wildman–Crippen LogP) is 2.46. The molecule has 0 spiro atoms. The number of ether oxygens (including phenoxy) is 1. The second-order valence-corrected chi connectivity index (χ2v) is 5.03. The van der Waals surface area contributed by atoms with Crippen molar-refractivity contribution >= 4 is 6.09 Å². The number of aliphatic hydroxyl groups is 1. The molecular formula is C11H22NO3. The Morgan fingerprint density at radius 1 is 1.47 bits per heavy atom. The summed E-state index contributed by atoms with van der Waals surface area (Å²) >= 11 is 0. The predicted molar refractivity (Wildman–Crippen MR) is 58.8 cm³/mol. The largest absolute Gasteiger partial charge is 0.444 e. The highest BCUT2D eigenvalue weighted by Crippen LogP contribution is 2.09. The first-order valence-electron chi connectivity index (χ1n) is 5.21. The van der Waals surface area contributed by atoms with E-state index in [0.29, 0.717) is 12.3 Å². The Morgan fingerprint density at radius 3 is 2.33 bits per heavy atom. The first-order chi connectivity index (χ1) is 6.74. The number of carbonyl (C=O) groups excluding carboxylic acids is 1. The third kappa shape index (κ3) is 8.24. The molecule has 89 valence electrons. The van der Waals surface area contributed by atoms with Gasteiger partial charge in [0.25, 0.3) is 0 Å². The maximum Gasteiger partial charge on any atom is 0.407 e. The van der Waals surface area contributed by atoms with Gasteiger partial charge in [0.1, 0.15) is 12.2 Å². The number of hydrogen-bond acceptors (Lipinski definition) is 3. The molecule has 0 aromatic rings. The highest BCUT2D eigenvalue weighted by molar-refractivity contribution is 5.68. The highest BCUT2D eigenvalue weighted by atomic mass is 16.6. The van der Waals surface area contributed by atoms with Crippen LogP contribution in [0.5, 0.6) is 0 Å². The van der Waals surface area contributed by atoms with E-state index in [2.05, 4.69) is 5.32 Å². The van der Waals surface area contributed by atoms with Crippen LogP contribution >= 0.6 is 0 Å². The summed E-state index contributed by atoms with van der Waals surface area (Å²) in [6.07, 6.45) is 0.189. The van der Waals surface area contributed by atoms with Crippen molar-refractivity contribution in [1.29, 1.82) is 0 Å². The minimum Gasteiger partial charge on any atom is -0.444 e. The van der Waals surface area contributed by atoms with Crippen molar-refractivity contribution in [2.45, 2.75) is 52.7 Å². The van der Waals surface area contributed by atoms with Crippen LogP contribution in [0.25, 0.3) is 0 Å². The lowest BCUT2D eigenvalue weighted by molar-refractivity contribution is 0.0493. The number of amides is 1. The van der Waals surface area contributed by atoms with Crippen LogP contribution in [-0.4, -0.2) is 22.8 Å². The fourth-order valence-electron chi connectivity index (χ4n) is 1.12. The fourth-order valence-corrected chi connectivity index (χ4v) is 1.12. The number of alkyl carbamates (subject to hydrolysis) is 1. The molecule has 0 aliphatic carbocycles. The molecule has 0 aliphatic heterocycles. The fraction of sp³-hybridized carbons (Fsp3) is 0.818. The van der Waals surface area contributed by atoms with Crippen LogP contribution in [0.4, 0.5) is 4.79 Å². The van der Waals surface area contributed by atoms with E-state index >= 15 is 0 Å². The molecule has 2 N–H and O–H groups in total. The molecule has 0 saturated heterocycles. The van der Waals surface area contributed by atoms with Gasteiger partial charge in [-0.1, -0.05) is 13.8 Å². The topological polar surface area (TPSA) is 58.6 Å². The zero-order chi connectivity index (χ0) is 12.1. The molecule has 1 atom stereocenters. The Hall–Kier alpha value is -0.770. The van der Waals surface area contributed by atoms with E-state index in [1.165, 1.54) is 0 Å².